The Morgan fingerprint density at radius 2 is 1.95 bits per heavy atom. The molecule has 202 valence electrons. The summed E-state index contributed by atoms with van der Waals surface area (Å²) in [6.07, 6.45) is 2.53. The van der Waals surface area contributed by atoms with Crippen molar-refractivity contribution in [1.29, 1.82) is 5.26 Å². The number of nitrogens with one attached hydrogen (secondary N) is 1. The van der Waals surface area contributed by atoms with Crippen LogP contribution in [0.15, 0.2) is 12.4 Å². The predicted molar refractivity (Wildman–Crippen MR) is 145 cm³/mol. The molecule has 0 unspecified atom stereocenters. The zero-order valence-electron chi connectivity index (χ0n) is 21.9. The zero-order valence-corrected chi connectivity index (χ0v) is 22.7. The lowest BCUT2D eigenvalue weighted by atomic mass is 9.91. The molecular weight excluding hydrogens is 524 g/mol. The maximum absolute atomic E-state index is 16.6. The molecule has 5 heterocycles. The molecule has 39 heavy (non-hydrogen) atoms. The largest absolute Gasteiger partial charge is 0.389 e. The van der Waals surface area contributed by atoms with Crippen LogP contribution in [-0.2, 0) is 22.7 Å². The fourth-order valence-electron chi connectivity index (χ4n) is 5.60. The standard InChI is InChI=1S/C27H27F2N7O2S/c1-27(2,3)35-17-8-36(9-18(17)37-4)26-33-6-13-14-10-38-11-15(14)19(22(29)23(13)34-26)21-16(28)7-32-25-20(21)12(5-30)24(31)39-25/h6-7,17-18,35H,8-11,31H2,1-4H3/t17-,18+/m1/s1. The second-order valence-corrected chi connectivity index (χ2v) is 11.9. The van der Waals surface area contributed by atoms with Crippen molar-refractivity contribution in [3.05, 3.63) is 40.7 Å². The summed E-state index contributed by atoms with van der Waals surface area (Å²) >= 11 is 1.06. The fourth-order valence-corrected chi connectivity index (χ4v) is 6.47. The van der Waals surface area contributed by atoms with Crippen LogP contribution in [0.1, 0.15) is 37.5 Å². The van der Waals surface area contributed by atoms with Crippen LogP contribution in [0.25, 0.3) is 32.2 Å². The van der Waals surface area contributed by atoms with Gasteiger partial charge >= 0.3 is 0 Å². The number of pyridine rings is 1. The van der Waals surface area contributed by atoms with E-state index in [2.05, 4.69) is 41.0 Å². The Morgan fingerprint density at radius 3 is 2.67 bits per heavy atom. The Kier molecular flexibility index (Phi) is 6.15. The molecule has 0 spiro atoms. The third-order valence-corrected chi connectivity index (χ3v) is 8.15. The van der Waals surface area contributed by atoms with Crippen molar-refractivity contribution in [2.24, 2.45) is 0 Å². The molecule has 0 amide bonds. The number of nitrogen functional groups attached to an aromatic ring is 1. The van der Waals surface area contributed by atoms with Gasteiger partial charge in [-0.3, -0.25) is 0 Å². The highest BCUT2D eigenvalue weighted by molar-refractivity contribution is 7.22. The molecule has 2 aliphatic heterocycles. The predicted octanol–water partition coefficient (Wildman–Crippen LogP) is 4.26. The number of aromatic nitrogens is 3. The van der Waals surface area contributed by atoms with Gasteiger partial charge in [0.15, 0.2) is 5.82 Å². The number of hydrogen-bond donors (Lipinski definition) is 2. The summed E-state index contributed by atoms with van der Waals surface area (Å²) in [5.41, 5.74) is 7.21. The van der Waals surface area contributed by atoms with Gasteiger partial charge < -0.3 is 25.4 Å². The van der Waals surface area contributed by atoms with E-state index in [1.807, 2.05) is 11.0 Å². The molecule has 2 aliphatic rings. The number of ether oxygens (including phenoxy) is 2. The van der Waals surface area contributed by atoms with Crippen molar-refractivity contribution in [3.63, 3.8) is 0 Å². The zero-order chi connectivity index (χ0) is 27.6. The average molecular weight is 552 g/mol. The maximum Gasteiger partial charge on any atom is 0.226 e. The average Bonchev–Trinajstić information content (AvgIpc) is 3.60. The second-order valence-electron chi connectivity index (χ2n) is 10.9. The topological polar surface area (TPSA) is 122 Å². The summed E-state index contributed by atoms with van der Waals surface area (Å²) in [5.74, 6) is -1.11. The van der Waals surface area contributed by atoms with Crippen molar-refractivity contribution < 1.29 is 18.3 Å². The minimum Gasteiger partial charge on any atom is -0.389 e. The van der Waals surface area contributed by atoms with Crippen LogP contribution < -0.4 is 16.0 Å². The highest BCUT2D eigenvalue weighted by Gasteiger charge is 2.37. The molecule has 0 bridgehead atoms. The summed E-state index contributed by atoms with van der Waals surface area (Å²) < 4.78 is 43.5. The van der Waals surface area contributed by atoms with E-state index in [1.165, 1.54) is 0 Å². The van der Waals surface area contributed by atoms with Crippen LogP contribution in [0.3, 0.4) is 0 Å². The fraction of sp³-hybridized carbons (Fsp3) is 0.407. The molecule has 1 fully saturated rings. The van der Waals surface area contributed by atoms with Crippen LogP contribution in [0.5, 0.6) is 0 Å². The minimum atomic E-state index is -0.753. The summed E-state index contributed by atoms with van der Waals surface area (Å²) in [7, 11) is 1.67. The number of thiophene rings is 1. The van der Waals surface area contributed by atoms with Crippen LogP contribution in [0.2, 0.25) is 0 Å². The quantitative estimate of drug-likeness (QED) is 0.383. The van der Waals surface area contributed by atoms with Crippen LogP contribution in [0, 0.1) is 23.0 Å². The van der Waals surface area contributed by atoms with E-state index in [0.29, 0.717) is 40.4 Å². The number of methoxy groups -OCH3 is 1. The SMILES string of the molecule is CO[C@H]1CN(c2ncc3c4c(c(-c5c(F)cnc6sc(N)c(C#N)c56)c(F)c3n2)COC4)C[C@H]1NC(C)(C)C. The van der Waals surface area contributed by atoms with Crippen molar-refractivity contribution in [2.45, 2.75) is 51.7 Å². The Morgan fingerprint density at radius 1 is 1.18 bits per heavy atom. The first kappa shape index (κ1) is 25.8. The van der Waals surface area contributed by atoms with Crippen LogP contribution in [0.4, 0.5) is 19.7 Å². The van der Waals surface area contributed by atoms with Gasteiger partial charge in [0.25, 0.3) is 0 Å². The Hall–Kier alpha value is -3.50. The number of benzene rings is 1. The van der Waals surface area contributed by atoms with Gasteiger partial charge in [0.2, 0.25) is 5.95 Å². The van der Waals surface area contributed by atoms with Gasteiger partial charge in [0.1, 0.15) is 27.2 Å². The molecule has 9 nitrogen and oxygen atoms in total. The van der Waals surface area contributed by atoms with E-state index >= 15 is 8.78 Å². The van der Waals surface area contributed by atoms with E-state index in [0.717, 1.165) is 17.5 Å². The number of fused-ring (bicyclic) bond motifs is 4. The molecular formula is C27H27F2N7O2S. The molecule has 3 N–H and O–H groups in total. The van der Waals surface area contributed by atoms with Gasteiger partial charge in [0.05, 0.1) is 37.1 Å². The Labute approximate surface area is 227 Å². The van der Waals surface area contributed by atoms with Crippen molar-refractivity contribution in [1.82, 2.24) is 20.3 Å². The molecule has 2 atom stereocenters. The lowest BCUT2D eigenvalue weighted by Crippen LogP contribution is -2.49. The normalized spacial score (nSPS) is 19.3. The first-order chi connectivity index (χ1) is 18.6. The molecule has 1 saturated heterocycles. The van der Waals surface area contributed by atoms with E-state index < -0.39 is 11.6 Å². The third kappa shape index (κ3) is 4.17. The van der Waals surface area contributed by atoms with Gasteiger partial charge in [-0.15, -0.1) is 0 Å². The number of anilines is 2. The summed E-state index contributed by atoms with van der Waals surface area (Å²) in [6.45, 7) is 7.65. The Balaban J connectivity index is 1.54. The summed E-state index contributed by atoms with van der Waals surface area (Å²) in [6, 6.07) is 2.05. The number of hydrogen-bond acceptors (Lipinski definition) is 10. The van der Waals surface area contributed by atoms with Crippen molar-refractivity contribution >= 4 is 43.4 Å². The monoisotopic (exact) mass is 551 g/mol. The number of nitriles is 1. The highest BCUT2D eigenvalue weighted by Crippen LogP contribution is 2.45. The van der Waals surface area contributed by atoms with Crippen molar-refractivity contribution in [3.8, 4) is 17.2 Å². The van der Waals surface area contributed by atoms with Gasteiger partial charge in [0, 0.05) is 53.8 Å². The molecule has 0 radical (unpaired) electrons. The molecule has 0 aliphatic carbocycles. The van der Waals surface area contributed by atoms with Gasteiger partial charge in [-0.2, -0.15) is 5.26 Å². The summed E-state index contributed by atoms with van der Waals surface area (Å²) in [4.78, 5) is 15.6. The first-order valence-electron chi connectivity index (χ1n) is 12.5. The molecule has 4 aromatic rings. The van der Waals surface area contributed by atoms with E-state index in [4.69, 9.17) is 15.2 Å². The van der Waals surface area contributed by atoms with Gasteiger partial charge in [-0.25, -0.2) is 23.7 Å². The maximum atomic E-state index is 16.6. The van der Waals surface area contributed by atoms with Crippen molar-refractivity contribution in [2.75, 3.05) is 30.8 Å². The van der Waals surface area contributed by atoms with Crippen LogP contribution in [-0.4, -0.2) is 52.8 Å². The van der Waals surface area contributed by atoms with Gasteiger partial charge in [-0.1, -0.05) is 11.3 Å². The van der Waals surface area contributed by atoms with Gasteiger partial charge in [-0.05, 0) is 31.9 Å². The second kappa shape index (κ2) is 9.31. The number of nitrogens with zero attached hydrogens (tertiary/aromatic N) is 5. The third-order valence-electron chi connectivity index (χ3n) is 7.22. The molecule has 3 aromatic heterocycles. The number of nitrogens with two attached hydrogens (primary N) is 1. The summed E-state index contributed by atoms with van der Waals surface area (Å²) in [5, 5.41) is 14.2. The highest BCUT2D eigenvalue weighted by atomic mass is 32.1. The molecule has 0 saturated carbocycles. The molecule has 1 aromatic carbocycles. The smallest absolute Gasteiger partial charge is 0.226 e. The van der Waals surface area contributed by atoms with E-state index in [9.17, 15) is 5.26 Å². The number of rotatable bonds is 4. The molecule has 6 rings (SSSR count). The molecule has 12 heteroatoms. The lowest BCUT2D eigenvalue weighted by Gasteiger charge is -2.28. The number of halogens is 2. The van der Waals surface area contributed by atoms with Crippen LogP contribution >= 0.6 is 11.3 Å². The van der Waals surface area contributed by atoms with E-state index in [1.54, 1.807) is 13.3 Å². The lowest BCUT2D eigenvalue weighted by molar-refractivity contribution is 0.0885. The Bertz CT molecular complexity index is 1680. The first-order valence-corrected chi connectivity index (χ1v) is 13.3. The van der Waals surface area contributed by atoms with E-state index in [-0.39, 0.29) is 63.5 Å². The minimum absolute atomic E-state index is 0.0160.